The Balaban J connectivity index is 0.00000253. The van der Waals surface area contributed by atoms with Crippen LogP contribution in [0.3, 0.4) is 0 Å². The zero-order valence-electron chi connectivity index (χ0n) is 22.7. The molecule has 5 rings (SSSR count). The van der Waals surface area contributed by atoms with Gasteiger partial charge in [-0.2, -0.15) is 15.0 Å². The van der Waals surface area contributed by atoms with E-state index in [-0.39, 0.29) is 111 Å². The fourth-order valence-electron chi connectivity index (χ4n) is 4.36. The van der Waals surface area contributed by atoms with E-state index >= 15 is 0 Å². The van der Waals surface area contributed by atoms with E-state index in [1.54, 1.807) is 0 Å². The molecule has 0 bridgehead atoms. The minimum Gasteiger partial charge on any atom is -0.744 e. The maximum absolute atomic E-state index is 13.5. The number of rotatable bonds is 6. The molecule has 0 aliphatic heterocycles. The van der Waals surface area contributed by atoms with Gasteiger partial charge in [0, 0.05) is 16.8 Å². The normalized spacial score (nSPS) is 12.3. The zero-order chi connectivity index (χ0) is 29.9. The van der Waals surface area contributed by atoms with E-state index in [9.17, 15) is 35.5 Å². The molecule has 3 aromatic carbocycles. The number of anilines is 6. The molecule has 0 saturated carbocycles. The van der Waals surface area contributed by atoms with E-state index < -0.39 is 52.8 Å². The van der Waals surface area contributed by atoms with Crippen molar-refractivity contribution < 1.29 is 94.6 Å². The van der Waals surface area contributed by atoms with Gasteiger partial charge < -0.3 is 31.2 Å². The Hall–Kier alpha value is -2.97. The van der Waals surface area contributed by atoms with Gasteiger partial charge in [0.1, 0.15) is 26.1 Å². The van der Waals surface area contributed by atoms with Crippen LogP contribution in [0.2, 0.25) is 0 Å². The number of aryl methyl sites for hydroxylation is 1. The fraction of sp³-hybridized carbons (Fsp3) is 0.0417. The van der Waals surface area contributed by atoms with Gasteiger partial charge >= 0.3 is 59.1 Å². The summed E-state index contributed by atoms with van der Waals surface area (Å²) < 4.78 is 71.9. The fourth-order valence-corrected chi connectivity index (χ4v) is 5.60. The molecule has 15 nitrogen and oxygen atoms in total. The minimum atomic E-state index is -5.23. The standard InChI is InChI=1S/C24H19N7O8S2.2Na/c1-10-27-23(26)31-24(28-10)30-14-8-11(6-7-16(14)40(34,35)36)29-15-9-17(41(37,38)39)20(25)19-18(15)21(32)12-4-2-3-5-13(12)22(19)33;;/h2-9,29H,25H2,1H3,(H,34,35,36)(H,37,38,39)(H3,26,27,28,30,31);;/q;2*+1/p-2. The molecule has 19 heteroatoms. The predicted molar refractivity (Wildman–Crippen MR) is 142 cm³/mol. The van der Waals surface area contributed by atoms with E-state index in [2.05, 4.69) is 25.6 Å². The largest absolute Gasteiger partial charge is 1.00 e. The molecule has 1 heterocycles. The third kappa shape index (κ3) is 6.75. The van der Waals surface area contributed by atoms with Crippen LogP contribution in [0, 0.1) is 6.92 Å². The Morgan fingerprint density at radius 1 is 0.721 bits per heavy atom. The molecule has 1 aromatic heterocycles. The quantitative estimate of drug-likeness (QED) is 0.0772. The molecule has 0 amide bonds. The van der Waals surface area contributed by atoms with Crippen molar-refractivity contribution in [2.45, 2.75) is 16.7 Å². The molecule has 0 radical (unpaired) electrons. The number of carbonyl (C=O) groups excluding carboxylic acids is 2. The Kier molecular flexibility index (Phi) is 10.1. The molecule has 1 aliphatic rings. The number of hydrogen-bond donors (Lipinski definition) is 4. The van der Waals surface area contributed by atoms with Gasteiger partial charge in [-0.1, -0.05) is 24.3 Å². The summed E-state index contributed by atoms with van der Waals surface area (Å²) in [5.74, 6) is -1.67. The maximum atomic E-state index is 13.5. The summed E-state index contributed by atoms with van der Waals surface area (Å²) in [7, 11) is -10.3. The molecule has 210 valence electrons. The van der Waals surface area contributed by atoms with E-state index in [4.69, 9.17) is 11.5 Å². The van der Waals surface area contributed by atoms with Crippen LogP contribution < -0.4 is 81.2 Å². The van der Waals surface area contributed by atoms with Crippen molar-refractivity contribution in [3.63, 3.8) is 0 Å². The van der Waals surface area contributed by atoms with E-state index in [1.807, 2.05) is 0 Å². The monoisotopic (exact) mass is 641 g/mol. The number of carbonyl (C=O) groups is 2. The zero-order valence-corrected chi connectivity index (χ0v) is 28.3. The molecule has 0 spiro atoms. The van der Waals surface area contributed by atoms with Crippen molar-refractivity contribution in [3.05, 3.63) is 76.6 Å². The van der Waals surface area contributed by atoms with Crippen LogP contribution in [0.4, 0.5) is 34.6 Å². The van der Waals surface area contributed by atoms with Gasteiger partial charge in [-0.3, -0.25) is 9.59 Å². The van der Waals surface area contributed by atoms with Crippen molar-refractivity contribution in [2.24, 2.45) is 0 Å². The van der Waals surface area contributed by atoms with Crippen LogP contribution in [0.25, 0.3) is 0 Å². The first-order valence-electron chi connectivity index (χ1n) is 11.4. The average molecular weight is 642 g/mol. The first kappa shape index (κ1) is 34.5. The third-order valence-electron chi connectivity index (χ3n) is 6.01. The molecule has 0 saturated heterocycles. The second-order valence-electron chi connectivity index (χ2n) is 8.72. The Morgan fingerprint density at radius 2 is 1.30 bits per heavy atom. The van der Waals surface area contributed by atoms with E-state index in [1.165, 1.54) is 31.2 Å². The van der Waals surface area contributed by atoms with Gasteiger partial charge in [0.05, 0.1) is 38.0 Å². The van der Waals surface area contributed by atoms with Gasteiger partial charge in [0.25, 0.3) is 0 Å². The Morgan fingerprint density at radius 3 is 1.86 bits per heavy atom. The van der Waals surface area contributed by atoms with Gasteiger partial charge in [0.15, 0.2) is 11.6 Å². The van der Waals surface area contributed by atoms with Crippen LogP contribution in [0.15, 0.2) is 58.3 Å². The van der Waals surface area contributed by atoms with Crippen molar-refractivity contribution in [1.29, 1.82) is 0 Å². The van der Waals surface area contributed by atoms with Crippen molar-refractivity contribution >= 4 is 66.4 Å². The third-order valence-corrected chi connectivity index (χ3v) is 7.78. The number of ketones is 2. The Labute approximate surface area is 289 Å². The summed E-state index contributed by atoms with van der Waals surface area (Å²) >= 11 is 0. The number of nitrogens with one attached hydrogen (secondary N) is 2. The van der Waals surface area contributed by atoms with Crippen molar-refractivity contribution in [3.8, 4) is 0 Å². The number of fused-ring (bicyclic) bond motifs is 2. The molecule has 0 atom stereocenters. The number of nitrogens with two attached hydrogens (primary N) is 2. The van der Waals surface area contributed by atoms with Gasteiger partial charge in [0.2, 0.25) is 11.9 Å². The van der Waals surface area contributed by atoms with Gasteiger partial charge in [-0.15, -0.1) is 0 Å². The molecule has 6 N–H and O–H groups in total. The first-order valence-corrected chi connectivity index (χ1v) is 14.2. The number of aromatic nitrogens is 3. The summed E-state index contributed by atoms with van der Waals surface area (Å²) in [4.78, 5) is 36.8. The number of benzene rings is 3. The van der Waals surface area contributed by atoms with Gasteiger partial charge in [-0.05, 0) is 31.2 Å². The predicted octanol–water partition coefficient (Wildman–Crippen LogP) is -4.58. The van der Waals surface area contributed by atoms with Gasteiger partial charge in [-0.25, -0.2) is 16.8 Å². The molecule has 1 aliphatic carbocycles. The van der Waals surface area contributed by atoms with Crippen molar-refractivity contribution in [1.82, 2.24) is 15.0 Å². The second-order valence-corrected chi connectivity index (χ2v) is 11.4. The summed E-state index contributed by atoms with van der Waals surface area (Å²) in [5, 5.41) is 5.31. The smallest absolute Gasteiger partial charge is 0.744 e. The molecule has 43 heavy (non-hydrogen) atoms. The van der Waals surface area contributed by atoms with Crippen LogP contribution in [-0.4, -0.2) is 52.5 Å². The van der Waals surface area contributed by atoms with Crippen molar-refractivity contribution in [2.75, 3.05) is 22.1 Å². The van der Waals surface area contributed by atoms with E-state index in [0.717, 1.165) is 24.3 Å². The van der Waals surface area contributed by atoms with Crippen LogP contribution >= 0.6 is 0 Å². The topological polar surface area (TPSA) is 263 Å². The van der Waals surface area contributed by atoms with Crippen LogP contribution in [0.1, 0.15) is 37.7 Å². The number of nitrogens with zero attached hydrogens (tertiary/aromatic N) is 3. The summed E-state index contributed by atoms with van der Waals surface area (Å²) in [5.41, 5.74) is 9.45. The van der Waals surface area contributed by atoms with Crippen LogP contribution in [0.5, 0.6) is 0 Å². The summed E-state index contributed by atoms with van der Waals surface area (Å²) in [6.07, 6.45) is 0. The maximum Gasteiger partial charge on any atom is 1.00 e. The molecular formula is C24H17N7Na2O8S2. The van der Waals surface area contributed by atoms with Crippen LogP contribution in [-0.2, 0) is 20.2 Å². The summed E-state index contributed by atoms with van der Waals surface area (Å²) in [6.45, 7) is 1.49. The van der Waals surface area contributed by atoms with E-state index in [0.29, 0.717) is 0 Å². The molecule has 0 unspecified atom stereocenters. The average Bonchev–Trinajstić information content (AvgIpc) is 2.86. The number of hydrogen-bond acceptors (Lipinski definition) is 15. The molecule has 4 aromatic rings. The first-order chi connectivity index (χ1) is 19.1. The number of nitrogen functional groups attached to an aromatic ring is 2. The Bertz CT molecular complexity index is 2020. The molecular weight excluding hydrogens is 624 g/mol. The SMILES string of the molecule is Cc1nc(N)nc(Nc2cc(Nc3cc(S(=O)(=O)[O-])c(N)c4c3C(=O)c3ccccc3C4=O)ccc2S(=O)(=O)[O-])n1.[Na+].[Na+]. The second kappa shape index (κ2) is 12.6. The molecule has 0 fully saturated rings. The summed E-state index contributed by atoms with van der Waals surface area (Å²) in [6, 6.07) is 9.78. The minimum absolute atomic E-state index is 0.